The van der Waals surface area contributed by atoms with Gasteiger partial charge in [0.15, 0.2) is 0 Å². The lowest BCUT2D eigenvalue weighted by atomic mass is 9.84. The van der Waals surface area contributed by atoms with Crippen molar-refractivity contribution in [3.05, 3.63) is 46.1 Å². The molecule has 1 aromatic carbocycles. The topological polar surface area (TPSA) is 90.2 Å². The van der Waals surface area contributed by atoms with Crippen LogP contribution in [0.15, 0.2) is 29.4 Å². The molecule has 0 saturated heterocycles. The minimum atomic E-state index is -0.807. The molecule has 31 heavy (non-hydrogen) atoms. The molecule has 170 valence electrons. The van der Waals surface area contributed by atoms with Crippen molar-refractivity contribution < 1.29 is 24.9 Å². The van der Waals surface area contributed by atoms with Crippen molar-refractivity contribution in [2.75, 3.05) is 13.2 Å². The Morgan fingerprint density at radius 3 is 2.68 bits per heavy atom. The lowest BCUT2D eigenvalue weighted by Crippen LogP contribution is -2.49. The quantitative estimate of drug-likeness (QED) is 0.546. The largest absolute Gasteiger partial charge is 0.508 e. The van der Waals surface area contributed by atoms with Gasteiger partial charge in [-0.15, -0.1) is 0 Å². The highest BCUT2D eigenvalue weighted by atomic mass is 16.5. The Bertz CT molecular complexity index is 900. The van der Waals surface area contributed by atoms with E-state index in [-0.39, 0.29) is 31.2 Å². The molecule has 0 fully saturated rings. The molecule has 0 saturated carbocycles. The number of ether oxygens (including phenoxy) is 1. The molecule has 0 aromatic heterocycles. The van der Waals surface area contributed by atoms with Gasteiger partial charge in [0.25, 0.3) is 5.91 Å². The van der Waals surface area contributed by atoms with Gasteiger partial charge in [0.05, 0.1) is 24.8 Å². The highest BCUT2D eigenvalue weighted by molar-refractivity contribution is 6.00. The number of phenols is 1. The number of allylic oxidation sites excluding steroid dienone is 4. The average molecular weight is 430 g/mol. The third-order valence-electron chi connectivity index (χ3n) is 6.36. The number of amides is 1. The smallest absolute Gasteiger partial charge is 0.254 e. The fourth-order valence-corrected chi connectivity index (χ4v) is 4.36. The number of benzene rings is 1. The molecule has 3 rings (SSSR count). The Morgan fingerprint density at radius 1 is 1.26 bits per heavy atom. The van der Waals surface area contributed by atoms with Crippen LogP contribution in [-0.2, 0) is 13.0 Å². The fourth-order valence-electron chi connectivity index (χ4n) is 4.36. The Morgan fingerprint density at radius 2 is 2.00 bits per heavy atom. The summed E-state index contributed by atoms with van der Waals surface area (Å²) < 4.78 is 6.33. The van der Waals surface area contributed by atoms with Crippen molar-refractivity contribution in [3.63, 3.8) is 0 Å². The van der Waals surface area contributed by atoms with Gasteiger partial charge >= 0.3 is 0 Å². The van der Waals surface area contributed by atoms with E-state index in [9.17, 15) is 20.1 Å². The summed E-state index contributed by atoms with van der Waals surface area (Å²) in [5, 5.41) is 30.6. The molecule has 1 amide bonds. The van der Waals surface area contributed by atoms with E-state index in [2.05, 4.69) is 32.9 Å². The second kappa shape index (κ2) is 9.45. The Kier molecular flexibility index (Phi) is 7.12. The van der Waals surface area contributed by atoms with E-state index < -0.39 is 11.7 Å². The van der Waals surface area contributed by atoms with Gasteiger partial charge in [0.2, 0.25) is 0 Å². The maximum absolute atomic E-state index is 12.6. The Balaban J connectivity index is 1.77. The summed E-state index contributed by atoms with van der Waals surface area (Å²) in [5.41, 5.74) is 3.53. The number of phenolic OH excluding ortho intramolecular Hbond substituents is 1. The van der Waals surface area contributed by atoms with E-state index in [4.69, 9.17) is 4.74 Å². The van der Waals surface area contributed by atoms with Crippen molar-refractivity contribution in [2.45, 2.75) is 78.0 Å². The molecule has 2 atom stereocenters. The molecule has 6 nitrogen and oxygen atoms in total. The molecule has 1 aromatic rings. The summed E-state index contributed by atoms with van der Waals surface area (Å²) in [6.07, 6.45) is 7.41. The number of aromatic hydroxyl groups is 1. The van der Waals surface area contributed by atoms with Crippen LogP contribution >= 0.6 is 0 Å². The molecule has 0 unspecified atom stereocenters. The van der Waals surface area contributed by atoms with Gasteiger partial charge in [-0.05, 0) is 59.4 Å². The highest BCUT2D eigenvalue weighted by Crippen LogP contribution is 2.46. The average Bonchev–Trinajstić information content (AvgIpc) is 3.00. The highest BCUT2D eigenvalue weighted by Gasteiger charge is 2.44. The maximum Gasteiger partial charge on any atom is 0.254 e. The van der Waals surface area contributed by atoms with E-state index >= 15 is 0 Å². The zero-order chi connectivity index (χ0) is 22.8. The second-order valence-corrected chi connectivity index (χ2v) is 9.22. The molecule has 2 aliphatic heterocycles. The normalized spacial score (nSPS) is 22.8. The molecule has 2 heterocycles. The van der Waals surface area contributed by atoms with Crippen LogP contribution in [-0.4, -0.2) is 51.0 Å². The van der Waals surface area contributed by atoms with Crippen molar-refractivity contribution in [1.29, 1.82) is 0 Å². The van der Waals surface area contributed by atoms with Crippen molar-refractivity contribution in [1.82, 2.24) is 4.90 Å². The van der Waals surface area contributed by atoms with Gasteiger partial charge in [0, 0.05) is 24.1 Å². The summed E-state index contributed by atoms with van der Waals surface area (Å²) in [6, 6.07) is 1.46. The molecular formula is C25H35NO5. The second-order valence-electron chi connectivity index (χ2n) is 9.22. The Labute approximate surface area is 184 Å². The summed E-state index contributed by atoms with van der Waals surface area (Å²) in [4.78, 5) is 14.2. The third kappa shape index (κ3) is 4.96. The standard InChI is InChI=1S/C25H35NO5/c1-16(2)7-5-8-17(3)9-6-10-25(4)22(29)14-19-21(28)13-18-20(23(19)31-25)15-26(11-12-27)24(18)30/h7,9,13,22,27-29H,5-6,8,10-12,14-15H2,1-4H3/b17-9+/t22-,25-/m0/s1. The number of carbonyl (C=O) groups excluding carboxylic acids is 1. The minimum absolute atomic E-state index is 0.0240. The van der Waals surface area contributed by atoms with Crippen molar-refractivity contribution >= 4 is 5.91 Å². The zero-order valence-electron chi connectivity index (χ0n) is 19.1. The predicted octanol–water partition coefficient (Wildman–Crippen LogP) is 3.87. The van der Waals surface area contributed by atoms with E-state index in [1.165, 1.54) is 17.2 Å². The van der Waals surface area contributed by atoms with Crippen LogP contribution in [0, 0.1) is 0 Å². The van der Waals surface area contributed by atoms with Crippen LogP contribution in [0.25, 0.3) is 0 Å². The van der Waals surface area contributed by atoms with Crippen LogP contribution in [0.1, 0.15) is 74.9 Å². The van der Waals surface area contributed by atoms with Crippen LogP contribution < -0.4 is 4.74 Å². The summed E-state index contributed by atoms with van der Waals surface area (Å²) in [5.74, 6) is 0.276. The molecule has 0 radical (unpaired) electrons. The molecule has 0 spiro atoms. The molecule has 3 N–H and O–H groups in total. The monoisotopic (exact) mass is 429 g/mol. The minimum Gasteiger partial charge on any atom is -0.508 e. The van der Waals surface area contributed by atoms with Gasteiger partial charge in [-0.2, -0.15) is 0 Å². The predicted molar refractivity (Wildman–Crippen MR) is 120 cm³/mol. The van der Waals surface area contributed by atoms with Gasteiger partial charge in [-0.1, -0.05) is 23.3 Å². The summed E-state index contributed by atoms with van der Waals surface area (Å²) in [6.45, 7) is 8.68. The van der Waals surface area contributed by atoms with Crippen LogP contribution in [0.3, 0.4) is 0 Å². The number of nitrogens with zero attached hydrogens (tertiary/aromatic N) is 1. The maximum atomic E-state index is 12.6. The lowest BCUT2D eigenvalue weighted by molar-refractivity contribution is -0.0599. The van der Waals surface area contributed by atoms with Crippen LogP contribution in [0.4, 0.5) is 0 Å². The first-order chi connectivity index (χ1) is 14.7. The number of aliphatic hydroxyl groups excluding tert-OH is 2. The lowest BCUT2D eigenvalue weighted by Gasteiger charge is -2.40. The molecular weight excluding hydrogens is 394 g/mol. The van der Waals surface area contributed by atoms with E-state index in [0.29, 0.717) is 29.8 Å². The van der Waals surface area contributed by atoms with E-state index in [1.807, 2.05) is 6.92 Å². The van der Waals surface area contributed by atoms with Crippen LogP contribution in [0.5, 0.6) is 11.5 Å². The molecule has 0 aliphatic carbocycles. The number of hydrogen-bond acceptors (Lipinski definition) is 5. The van der Waals surface area contributed by atoms with Crippen molar-refractivity contribution in [3.8, 4) is 11.5 Å². The number of rotatable bonds is 8. The Hall–Kier alpha value is -2.31. The number of β-amino-alcohol motifs (C(OH)–C–C–N with tert-alkyl or cyclic N) is 1. The number of fused-ring (bicyclic) bond motifs is 3. The molecule has 2 aliphatic rings. The van der Waals surface area contributed by atoms with Gasteiger partial charge < -0.3 is 25.0 Å². The van der Waals surface area contributed by atoms with E-state index in [1.54, 1.807) is 4.90 Å². The van der Waals surface area contributed by atoms with Gasteiger partial charge in [-0.25, -0.2) is 0 Å². The fraction of sp³-hybridized carbons (Fsp3) is 0.560. The number of carbonyl (C=O) groups is 1. The first kappa shape index (κ1) is 23.4. The third-order valence-corrected chi connectivity index (χ3v) is 6.36. The zero-order valence-corrected chi connectivity index (χ0v) is 19.1. The first-order valence-corrected chi connectivity index (χ1v) is 11.1. The van der Waals surface area contributed by atoms with Gasteiger partial charge in [-0.3, -0.25) is 4.79 Å². The van der Waals surface area contributed by atoms with Crippen LogP contribution in [0.2, 0.25) is 0 Å². The summed E-state index contributed by atoms with van der Waals surface area (Å²) >= 11 is 0. The molecule has 6 heteroatoms. The van der Waals surface area contributed by atoms with Crippen molar-refractivity contribution in [2.24, 2.45) is 0 Å². The number of aliphatic hydroxyl groups is 2. The van der Waals surface area contributed by atoms with E-state index in [0.717, 1.165) is 24.8 Å². The SMILES string of the molecule is CC(C)=CCC/C(C)=C/CC[C@]1(C)Oc2c(c(O)cc3c2CN(CCO)C3=O)C[C@@H]1O. The molecule has 0 bridgehead atoms. The first-order valence-electron chi connectivity index (χ1n) is 11.1. The van der Waals surface area contributed by atoms with Gasteiger partial charge in [0.1, 0.15) is 17.1 Å². The number of hydrogen-bond donors (Lipinski definition) is 3. The summed E-state index contributed by atoms with van der Waals surface area (Å²) in [7, 11) is 0.